The zero-order chi connectivity index (χ0) is 15.1. The molecule has 0 radical (unpaired) electrons. The lowest BCUT2D eigenvalue weighted by atomic mass is 10.1. The summed E-state index contributed by atoms with van der Waals surface area (Å²) in [6, 6.07) is 11.0. The summed E-state index contributed by atoms with van der Waals surface area (Å²) >= 11 is 5.98. The van der Waals surface area contributed by atoms with Gasteiger partial charge in [0.1, 0.15) is 0 Å². The van der Waals surface area contributed by atoms with Crippen molar-refractivity contribution in [2.45, 2.75) is 12.8 Å². The van der Waals surface area contributed by atoms with Crippen LogP contribution in [0.15, 0.2) is 47.4 Å². The van der Waals surface area contributed by atoms with E-state index in [2.05, 4.69) is 4.98 Å². The highest BCUT2D eigenvalue weighted by atomic mass is 35.5. The van der Waals surface area contributed by atoms with Crippen LogP contribution in [0.25, 0.3) is 16.7 Å². The quantitative estimate of drug-likeness (QED) is 0.692. The highest BCUT2D eigenvalue weighted by molar-refractivity contribution is 6.30. The summed E-state index contributed by atoms with van der Waals surface area (Å²) in [7, 11) is 0. The summed E-state index contributed by atoms with van der Waals surface area (Å²) in [5.41, 5.74) is 2.23. The van der Waals surface area contributed by atoms with Crippen LogP contribution in [0.1, 0.15) is 12.0 Å². The molecule has 0 saturated carbocycles. The number of hydrogen-bond donors (Lipinski definition) is 0. The number of pyridine rings is 2. The van der Waals surface area contributed by atoms with Crippen molar-refractivity contribution >= 4 is 22.6 Å². The van der Waals surface area contributed by atoms with Gasteiger partial charge in [0.25, 0.3) is 0 Å². The lowest BCUT2D eigenvalue weighted by Gasteiger charge is -2.23. The molecule has 0 bridgehead atoms. The molecular formula is C17H13ClN2O2. The summed E-state index contributed by atoms with van der Waals surface area (Å²) in [5, 5.41) is 1.28. The third-order valence-corrected chi connectivity index (χ3v) is 4.13. The van der Waals surface area contributed by atoms with E-state index in [0.29, 0.717) is 28.5 Å². The lowest BCUT2D eigenvalue weighted by Crippen LogP contribution is -2.23. The molecule has 1 aliphatic heterocycles. The summed E-state index contributed by atoms with van der Waals surface area (Å²) < 4.78 is 7.72. The normalized spacial score (nSPS) is 13.7. The van der Waals surface area contributed by atoms with Crippen LogP contribution in [0.2, 0.25) is 5.02 Å². The number of ether oxygens (including phenoxy) is 1. The predicted octanol–water partition coefficient (Wildman–Crippen LogP) is 3.36. The smallest absolute Gasteiger partial charge is 0.207 e. The summed E-state index contributed by atoms with van der Waals surface area (Å²) in [6.45, 7) is 0.609. The van der Waals surface area contributed by atoms with E-state index in [0.717, 1.165) is 24.1 Å². The van der Waals surface area contributed by atoms with E-state index in [-0.39, 0.29) is 5.43 Å². The van der Waals surface area contributed by atoms with Crippen LogP contribution in [-0.2, 0) is 6.42 Å². The number of nitrogens with zero attached hydrogens (tertiary/aromatic N) is 2. The van der Waals surface area contributed by atoms with Crippen molar-refractivity contribution in [2.75, 3.05) is 6.61 Å². The van der Waals surface area contributed by atoms with Crippen LogP contribution in [0, 0.1) is 0 Å². The van der Waals surface area contributed by atoms with E-state index >= 15 is 0 Å². The molecule has 2 aromatic heterocycles. The van der Waals surface area contributed by atoms with Gasteiger partial charge in [0.15, 0.2) is 11.1 Å². The molecule has 3 aromatic rings. The van der Waals surface area contributed by atoms with Crippen molar-refractivity contribution in [1.29, 1.82) is 0 Å². The Hall–Kier alpha value is -2.33. The molecule has 3 heterocycles. The SMILES string of the molecule is O=c1c2c(n(-c3ccc(Cl)cc3)c3ncccc13)OCCC2. The average molecular weight is 313 g/mol. The molecule has 1 aliphatic rings. The molecule has 0 amide bonds. The van der Waals surface area contributed by atoms with Gasteiger partial charge < -0.3 is 4.74 Å². The fraction of sp³-hybridized carbons (Fsp3) is 0.176. The van der Waals surface area contributed by atoms with E-state index in [4.69, 9.17) is 16.3 Å². The molecule has 0 atom stereocenters. The standard InChI is InChI=1S/C17H13ClN2O2/c18-11-5-7-12(8-6-11)20-16-13(3-1-9-19-16)15(21)14-4-2-10-22-17(14)20/h1,3,5-9H,2,4,10H2. The topological polar surface area (TPSA) is 44.1 Å². The minimum absolute atomic E-state index is 0.0167. The number of fused-ring (bicyclic) bond motifs is 2. The first-order valence-electron chi connectivity index (χ1n) is 7.17. The molecule has 110 valence electrons. The Bertz CT molecular complexity index is 916. The number of halogens is 1. The van der Waals surface area contributed by atoms with Crippen LogP contribution in [0.4, 0.5) is 0 Å². The monoisotopic (exact) mass is 312 g/mol. The third kappa shape index (κ3) is 1.99. The zero-order valence-corrected chi connectivity index (χ0v) is 12.5. The first kappa shape index (κ1) is 13.3. The van der Waals surface area contributed by atoms with Crippen LogP contribution in [-0.4, -0.2) is 16.2 Å². The van der Waals surface area contributed by atoms with Gasteiger partial charge in [-0.25, -0.2) is 4.98 Å². The lowest BCUT2D eigenvalue weighted by molar-refractivity contribution is 0.270. The van der Waals surface area contributed by atoms with Gasteiger partial charge in [0, 0.05) is 11.2 Å². The Morgan fingerprint density at radius 1 is 1.18 bits per heavy atom. The van der Waals surface area contributed by atoms with E-state index in [9.17, 15) is 4.79 Å². The number of benzene rings is 1. The van der Waals surface area contributed by atoms with Crippen molar-refractivity contribution in [3.8, 4) is 11.6 Å². The molecule has 0 fully saturated rings. The summed E-state index contributed by atoms with van der Waals surface area (Å²) in [4.78, 5) is 17.1. The van der Waals surface area contributed by atoms with Crippen molar-refractivity contribution < 1.29 is 4.74 Å². The largest absolute Gasteiger partial charge is 0.478 e. The maximum absolute atomic E-state index is 12.7. The molecule has 5 heteroatoms. The first-order chi connectivity index (χ1) is 10.8. The Labute approximate surface area is 131 Å². The zero-order valence-electron chi connectivity index (χ0n) is 11.8. The Morgan fingerprint density at radius 2 is 2.00 bits per heavy atom. The van der Waals surface area contributed by atoms with Gasteiger partial charge in [-0.3, -0.25) is 9.36 Å². The molecule has 1 aromatic carbocycles. The van der Waals surface area contributed by atoms with E-state index in [1.807, 2.05) is 34.9 Å². The highest BCUT2D eigenvalue weighted by Gasteiger charge is 2.22. The van der Waals surface area contributed by atoms with Gasteiger partial charge in [-0.1, -0.05) is 11.6 Å². The predicted molar refractivity (Wildman–Crippen MR) is 86.2 cm³/mol. The van der Waals surface area contributed by atoms with Gasteiger partial charge in [-0.05, 0) is 49.2 Å². The Morgan fingerprint density at radius 3 is 2.82 bits per heavy atom. The highest BCUT2D eigenvalue weighted by Crippen LogP contribution is 2.29. The van der Waals surface area contributed by atoms with E-state index in [1.54, 1.807) is 12.3 Å². The Kier molecular flexibility index (Phi) is 3.12. The third-order valence-electron chi connectivity index (χ3n) is 3.87. The van der Waals surface area contributed by atoms with Crippen molar-refractivity contribution in [1.82, 2.24) is 9.55 Å². The second-order valence-electron chi connectivity index (χ2n) is 5.25. The minimum Gasteiger partial charge on any atom is -0.478 e. The number of aromatic nitrogens is 2. The van der Waals surface area contributed by atoms with E-state index in [1.165, 1.54) is 0 Å². The molecule has 0 spiro atoms. The van der Waals surface area contributed by atoms with Crippen LogP contribution in [0.3, 0.4) is 0 Å². The van der Waals surface area contributed by atoms with Crippen molar-refractivity contribution in [3.63, 3.8) is 0 Å². The number of rotatable bonds is 1. The van der Waals surface area contributed by atoms with Gasteiger partial charge in [-0.2, -0.15) is 0 Å². The van der Waals surface area contributed by atoms with Crippen molar-refractivity contribution in [3.05, 3.63) is 63.4 Å². The molecule has 4 rings (SSSR count). The summed E-state index contributed by atoms with van der Waals surface area (Å²) in [5.74, 6) is 0.602. The maximum atomic E-state index is 12.7. The average Bonchev–Trinajstić information content (AvgIpc) is 2.57. The molecule has 0 N–H and O–H groups in total. The number of hydrogen-bond acceptors (Lipinski definition) is 3. The molecular weight excluding hydrogens is 300 g/mol. The molecule has 0 saturated heterocycles. The minimum atomic E-state index is 0.0167. The summed E-state index contributed by atoms with van der Waals surface area (Å²) in [6.07, 6.45) is 3.27. The van der Waals surface area contributed by atoms with Gasteiger partial charge >= 0.3 is 0 Å². The first-order valence-corrected chi connectivity index (χ1v) is 7.55. The Balaban J connectivity index is 2.14. The van der Waals surface area contributed by atoms with Crippen LogP contribution < -0.4 is 10.2 Å². The second-order valence-corrected chi connectivity index (χ2v) is 5.69. The molecule has 0 aliphatic carbocycles. The van der Waals surface area contributed by atoms with Gasteiger partial charge in [0.2, 0.25) is 5.88 Å². The fourth-order valence-corrected chi connectivity index (χ4v) is 2.99. The molecule has 22 heavy (non-hydrogen) atoms. The van der Waals surface area contributed by atoms with Crippen LogP contribution in [0.5, 0.6) is 5.88 Å². The molecule has 0 unspecified atom stereocenters. The van der Waals surface area contributed by atoms with Gasteiger partial charge in [0.05, 0.1) is 23.2 Å². The van der Waals surface area contributed by atoms with Crippen molar-refractivity contribution in [2.24, 2.45) is 0 Å². The van der Waals surface area contributed by atoms with Crippen LogP contribution >= 0.6 is 11.6 Å². The molecule has 4 nitrogen and oxygen atoms in total. The maximum Gasteiger partial charge on any atom is 0.207 e. The van der Waals surface area contributed by atoms with E-state index < -0.39 is 0 Å². The second kappa shape index (κ2) is 5.14. The fourth-order valence-electron chi connectivity index (χ4n) is 2.86. The van der Waals surface area contributed by atoms with Gasteiger partial charge in [-0.15, -0.1) is 0 Å².